The molecule has 0 bridgehead atoms. The second-order valence-corrected chi connectivity index (χ2v) is 5.69. The minimum atomic E-state index is -0.284. The van der Waals surface area contributed by atoms with Crippen LogP contribution in [0.1, 0.15) is 12.5 Å². The fourth-order valence-electron chi connectivity index (χ4n) is 2.29. The van der Waals surface area contributed by atoms with E-state index >= 15 is 0 Å². The molecule has 0 unspecified atom stereocenters. The molecule has 3 rings (SSSR count). The molecule has 3 aromatic rings. The van der Waals surface area contributed by atoms with Crippen molar-refractivity contribution >= 4 is 39.2 Å². The fraction of sp³-hybridized carbons (Fsp3) is 0.200. The van der Waals surface area contributed by atoms with Crippen molar-refractivity contribution in [2.75, 3.05) is 10.6 Å². The summed E-state index contributed by atoms with van der Waals surface area (Å²) >= 11 is 1.67. The van der Waals surface area contributed by atoms with Crippen LogP contribution in [0.3, 0.4) is 0 Å². The van der Waals surface area contributed by atoms with Gasteiger partial charge in [0, 0.05) is 12.7 Å². The maximum absolute atomic E-state index is 12.1. The van der Waals surface area contributed by atoms with E-state index in [9.17, 15) is 4.79 Å². The first kappa shape index (κ1) is 13.6. The minimum absolute atomic E-state index is 0.284. The van der Waals surface area contributed by atoms with Gasteiger partial charge in [0.2, 0.25) is 0 Å². The lowest BCUT2D eigenvalue weighted by Crippen LogP contribution is -2.21. The van der Waals surface area contributed by atoms with Gasteiger partial charge < -0.3 is 4.57 Å². The van der Waals surface area contributed by atoms with E-state index in [0.29, 0.717) is 5.82 Å². The van der Waals surface area contributed by atoms with Crippen molar-refractivity contribution in [3.05, 3.63) is 41.4 Å². The van der Waals surface area contributed by atoms with Crippen LogP contribution < -0.4 is 10.6 Å². The van der Waals surface area contributed by atoms with Crippen molar-refractivity contribution in [3.8, 4) is 0 Å². The number of hydrogen-bond acceptors (Lipinski definition) is 3. The Kier molecular flexibility index (Phi) is 3.62. The molecule has 0 aliphatic rings. The maximum atomic E-state index is 12.1. The van der Waals surface area contributed by atoms with Crippen molar-refractivity contribution in [1.82, 2.24) is 9.55 Å². The van der Waals surface area contributed by atoms with Crippen LogP contribution >= 0.6 is 11.3 Å². The number of carbonyl (C=O) groups excluding carboxylic acids is 1. The minimum Gasteiger partial charge on any atom is -0.327 e. The van der Waals surface area contributed by atoms with Crippen molar-refractivity contribution in [3.63, 3.8) is 0 Å². The number of pyridine rings is 1. The van der Waals surface area contributed by atoms with Crippen molar-refractivity contribution in [2.24, 2.45) is 0 Å². The number of anilines is 2. The number of aromatic nitrogens is 2. The van der Waals surface area contributed by atoms with Gasteiger partial charge in [0.1, 0.15) is 11.6 Å². The van der Waals surface area contributed by atoms with Gasteiger partial charge in [-0.25, -0.2) is 9.78 Å². The van der Waals surface area contributed by atoms with Crippen molar-refractivity contribution < 1.29 is 4.79 Å². The smallest absolute Gasteiger partial charge is 0.325 e. The Balaban J connectivity index is 1.78. The summed E-state index contributed by atoms with van der Waals surface area (Å²) in [6, 6.07) is 7.49. The molecule has 21 heavy (non-hydrogen) atoms. The average Bonchev–Trinajstić information content (AvgIpc) is 2.98. The van der Waals surface area contributed by atoms with E-state index < -0.39 is 0 Å². The van der Waals surface area contributed by atoms with Crippen LogP contribution in [0.4, 0.5) is 16.4 Å². The number of aryl methyl sites for hydroxylation is 2. The molecule has 108 valence electrons. The Labute approximate surface area is 126 Å². The van der Waals surface area contributed by atoms with E-state index in [4.69, 9.17) is 0 Å². The van der Waals surface area contributed by atoms with Gasteiger partial charge in [-0.1, -0.05) is 0 Å². The monoisotopic (exact) mass is 300 g/mol. The number of nitrogens with zero attached hydrogens (tertiary/aromatic N) is 2. The third-order valence-electron chi connectivity index (χ3n) is 3.24. The molecule has 0 atom stereocenters. The zero-order chi connectivity index (χ0) is 14.8. The third kappa shape index (κ3) is 2.75. The lowest BCUT2D eigenvalue weighted by atomic mass is 10.3. The molecule has 0 saturated carbocycles. The topological polar surface area (TPSA) is 59.0 Å². The highest BCUT2D eigenvalue weighted by atomic mass is 32.1. The number of rotatable bonds is 3. The van der Waals surface area contributed by atoms with Crippen LogP contribution in [0.15, 0.2) is 35.8 Å². The van der Waals surface area contributed by atoms with Gasteiger partial charge in [0.25, 0.3) is 0 Å². The molecular formula is C15H16N4OS. The lowest BCUT2D eigenvalue weighted by molar-refractivity contribution is 0.262. The maximum Gasteiger partial charge on any atom is 0.325 e. The number of urea groups is 1. The summed E-state index contributed by atoms with van der Waals surface area (Å²) in [6.07, 6.45) is 1.68. The number of fused-ring (bicyclic) bond motifs is 1. The van der Waals surface area contributed by atoms with E-state index in [-0.39, 0.29) is 6.03 Å². The molecule has 0 aliphatic carbocycles. The number of carbonyl (C=O) groups is 1. The number of thiophene rings is 1. The standard InChI is InChI=1S/C15H16N4OS/c1-3-19-11-5-7-21-12(11)9-14(19)18-15(20)17-13-8-10(2)4-6-16-13/h4-9H,3H2,1-2H3,(H2,16,17,18,20). The first-order valence-corrected chi connectivity index (χ1v) is 7.62. The third-order valence-corrected chi connectivity index (χ3v) is 4.09. The zero-order valence-electron chi connectivity index (χ0n) is 11.9. The van der Waals surface area contributed by atoms with Crippen LogP contribution in [0, 0.1) is 6.92 Å². The summed E-state index contributed by atoms with van der Waals surface area (Å²) in [4.78, 5) is 16.2. The molecule has 2 N–H and O–H groups in total. The number of amides is 2. The van der Waals surface area contributed by atoms with Gasteiger partial charge in [0.15, 0.2) is 0 Å². The highest BCUT2D eigenvalue weighted by Crippen LogP contribution is 2.28. The summed E-state index contributed by atoms with van der Waals surface area (Å²) < 4.78 is 3.25. The number of nitrogens with one attached hydrogen (secondary N) is 2. The molecule has 2 amide bonds. The van der Waals surface area contributed by atoms with E-state index in [1.54, 1.807) is 17.5 Å². The Hall–Kier alpha value is -2.34. The normalized spacial score (nSPS) is 10.8. The molecule has 0 fully saturated rings. The molecular weight excluding hydrogens is 284 g/mol. The van der Waals surface area contributed by atoms with Crippen LogP contribution in [-0.2, 0) is 6.54 Å². The average molecular weight is 300 g/mol. The molecule has 0 radical (unpaired) electrons. The highest BCUT2D eigenvalue weighted by Gasteiger charge is 2.11. The summed E-state index contributed by atoms with van der Waals surface area (Å²) in [5, 5.41) is 7.69. The predicted molar refractivity (Wildman–Crippen MR) is 87.1 cm³/mol. The van der Waals surface area contributed by atoms with Gasteiger partial charge in [-0.3, -0.25) is 10.6 Å². The highest BCUT2D eigenvalue weighted by molar-refractivity contribution is 7.17. The Morgan fingerprint density at radius 2 is 2.19 bits per heavy atom. The van der Waals surface area contributed by atoms with Crippen molar-refractivity contribution in [1.29, 1.82) is 0 Å². The second kappa shape index (κ2) is 5.57. The van der Waals surface area contributed by atoms with E-state index in [0.717, 1.165) is 23.4 Å². The first-order chi connectivity index (χ1) is 10.2. The summed E-state index contributed by atoms with van der Waals surface area (Å²) in [7, 11) is 0. The van der Waals surface area contributed by atoms with Gasteiger partial charge in [-0.15, -0.1) is 11.3 Å². The molecule has 3 heterocycles. The summed E-state index contributed by atoms with van der Waals surface area (Å²) in [6.45, 7) is 4.82. The lowest BCUT2D eigenvalue weighted by Gasteiger charge is -2.10. The molecule has 6 heteroatoms. The first-order valence-electron chi connectivity index (χ1n) is 6.75. The molecule has 5 nitrogen and oxygen atoms in total. The molecule has 0 aliphatic heterocycles. The predicted octanol–water partition coefficient (Wildman–Crippen LogP) is 4.07. The summed E-state index contributed by atoms with van der Waals surface area (Å²) in [5.41, 5.74) is 2.20. The van der Waals surface area contributed by atoms with E-state index in [2.05, 4.69) is 38.6 Å². The largest absolute Gasteiger partial charge is 0.327 e. The Morgan fingerprint density at radius 3 is 2.95 bits per heavy atom. The van der Waals surface area contributed by atoms with Gasteiger partial charge in [-0.05, 0) is 49.1 Å². The Morgan fingerprint density at radius 1 is 1.33 bits per heavy atom. The molecule has 3 aromatic heterocycles. The second-order valence-electron chi connectivity index (χ2n) is 4.74. The van der Waals surface area contributed by atoms with Crippen LogP contribution in [0.25, 0.3) is 10.2 Å². The fourth-order valence-corrected chi connectivity index (χ4v) is 3.11. The quantitative estimate of drug-likeness (QED) is 0.766. The summed E-state index contributed by atoms with van der Waals surface area (Å²) in [5.74, 6) is 1.34. The zero-order valence-corrected chi connectivity index (χ0v) is 12.7. The van der Waals surface area contributed by atoms with Gasteiger partial charge in [-0.2, -0.15) is 0 Å². The van der Waals surface area contributed by atoms with Crippen LogP contribution in [0.5, 0.6) is 0 Å². The van der Waals surface area contributed by atoms with Gasteiger partial charge >= 0.3 is 6.03 Å². The van der Waals surface area contributed by atoms with Crippen molar-refractivity contribution in [2.45, 2.75) is 20.4 Å². The number of hydrogen-bond donors (Lipinski definition) is 2. The van der Waals surface area contributed by atoms with Crippen LogP contribution in [-0.4, -0.2) is 15.6 Å². The molecule has 0 spiro atoms. The van der Waals surface area contributed by atoms with Crippen LogP contribution in [0.2, 0.25) is 0 Å². The molecule has 0 aromatic carbocycles. The molecule has 0 saturated heterocycles. The Bertz CT molecular complexity index is 790. The van der Waals surface area contributed by atoms with E-state index in [1.807, 2.05) is 25.1 Å². The SMILES string of the molecule is CCn1c(NC(=O)Nc2cc(C)ccn2)cc2sccc21. The van der Waals surface area contributed by atoms with Gasteiger partial charge in [0.05, 0.1) is 10.2 Å². The van der Waals surface area contributed by atoms with E-state index in [1.165, 1.54) is 4.70 Å².